The quantitative estimate of drug-likeness (QED) is 0.483. The Balaban J connectivity index is 2.08. The molecule has 0 radical (unpaired) electrons. The van der Waals surface area contributed by atoms with Crippen LogP contribution in [0.1, 0.15) is 57.8 Å². The molecule has 0 saturated heterocycles. The van der Waals surface area contributed by atoms with Crippen LogP contribution in [0.4, 0.5) is 0 Å². The van der Waals surface area contributed by atoms with E-state index in [1.54, 1.807) is 6.26 Å². The van der Waals surface area contributed by atoms with Crippen LogP contribution in [0.15, 0.2) is 0 Å². The van der Waals surface area contributed by atoms with Crippen LogP contribution in [0.3, 0.4) is 0 Å². The summed E-state index contributed by atoms with van der Waals surface area (Å²) in [6.45, 7) is 0. The normalized spacial score (nSPS) is 17.5. The molecule has 1 aliphatic carbocycles. The summed E-state index contributed by atoms with van der Waals surface area (Å²) in [5, 5.41) is 0. The van der Waals surface area contributed by atoms with Crippen molar-refractivity contribution in [2.75, 3.05) is 12.0 Å². The third-order valence-corrected chi connectivity index (χ3v) is 5.71. The van der Waals surface area contributed by atoms with Gasteiger partial charge in [0.2, 0.25) is 0 Å². The first kappa shape index (κ1) is 17.0. The molecule has 0 bridgehead atoms. The number of carbonyl (C=O) groups excluding carboxylic acids is 1. The largest absolute Gasteiger partial charge is 0.299 e. The molecule has 0 spiro atoms. The molecule has 1 fully saturated rings. The van der Waals surface area contributed by atoms with Crippen molar-refractivity contribution in [2.24, 2.45) is 5.92 Å². The van der Waals surface area contributed by atoms with Crippen molar-refractivity contribution in [1.82, 2.24) is 0 Å². The predicted octanol–water partition coefficient (Wildman–Crippen LogP) is 3.32. The molecular formula is C13H24O4S2. The smallest absolute Gasteiger partial charge is 0.278 e. The van der Waals surface area contributed by atoms with Crippen molar-refractivity contribution < 1.29 is 16.8 Å². The van der Waals surface area contributed by atoms with Gasteiger partial charge in [-0.25, -0.2) is 0 Å². The van der Waals surface area contributed by atoms with Crippen molar-refractivity contribution in [1.29, 1.82) is 0 Å². The summed E-state index contributed by atoms with van der Waals surface area (Å²) >= 11 is 0.854. The van der Waals surface area contributed by atoms with Gasteiger partial charge in [-0.1, -0.05) is 25.7 Å². The zero-order valence-corrected chi connectivity index (χ0v) is 13.2. The fourth-order valence-corrected chi connectivity index (χ4v) is 4.18. The van der Waals surface area contributed by atoms with Crippen LogP contribution in [0.25, 0.3) is 0 Å². The maximum atomic E-state index is 11.9. The van der Waals surface area contributed by atoms with E-state index in [4.69, 9.17) is 0 Å². The highest BCUT2D eigenvalue weighted by Crippen LogP contribution is 2.25. The Morgan fingerprint density at radius 2 is 1.84 bits per heavy atom. The standard InChI is InChI=1S/C13H24O4S2/c1-18-17-19(15,16)11-7-3-6-10-13(14)12-8-4-2-5-9-12/h12H,2-11H2,1H3. The molecule has 0 aromatic carbocycles. The molecule has 19 heavy (non-hydrogen) atoms. The van der Waals surface area contributed by atoms with E-state index in [9.17, 15) is 13.2 Å². The van der Waals surface area contributed by atoms with Crippen molar-refractivity contribution in [3.8, 4) is 0 Å². The first-order valence-electron chi connectivity index (χ1n) is 7.03. The molecule has 1 saturated carbocycles. The Morgan fingerprint density at radius 3 is 2.47 bits per heavy atom. The number of hydrogen-bond acceptors (Lipinski definition) is 5. The zero-order valence-electron chi connectivity index (χ0n) is 11.6. The Kier molecular flexibility index (Phi) is 8.02. The number of hydrogen-bond donors (Lipinski definition) is 0. The van der Waals surface area contributed by atoms with Gasteiger partial charge in [0, 0.05) is 30.6 Å². The summed E-state index contributed by atoms with van der Waals surface area (Å²) in [6.07, 6.45) is 10.1. The van der Waals surface area contributed by atoms with Gasteiger partial charge in [0.25, 0.3) is 10.1 Å². The highest BCUT2D eigenvalue weighted by Gasteiger charge is 2.20. The Labute approximate surface area is 121 Å². The lowest BCUT2D eigenvalue weighted by Crippen LogP contribution is -2.17. The molecule has 0 amide bonds. The van der Waals surface area contributed by atoms with Crippen LogP contribution in [0.5, 0.6) is 0 Å². The first-order valence-corrected chi connectivity index (χ1v) is 9.75. The summed E-state index contributed by atoms with van der Waals surface area (Å²) in [5.74, 6) is 0.700. The summed E-state index contributed by atoms with van der Waals surface area (Å²) in [6, 6.07) is 0. The van der Waals surface area contributed by atoms with E-state index < -0.39 is 10.1 Å². The van der Waals surface area contributed by atoms with Crippen LogP contribution >= 0.6 is 12.0 Å². The summed E-state index contributed by atoms with van der Waals surface area (Å²) in [5.41, 5.74) is 0. The monoisotopic (exact) mass is 308 g/mol. The van der Waals surface area contributed by atoms with Gasteiger partial charge in [-0.05, 0) is 25.7 Å². The number of unbranched alkanes of at least 4 members (excludes halogenated alkanes) is 2. The van der Waals surface area contributed by atoms with Crippen LogP contribution in [-0.4, -0.2) is 26.2 Å². The molecule has 1 aliphatic rings. The van der Waals surface area contributed by atoms with Gasteiger partial charge in [0.05, 0.1) is 5.75 Å². The molecule has 0 heterocycles. The zero-order chi connectivity index (χ0) is 14.1. The van der Waals surface area contributed by atoms with E-state index in [0.717, 1.165) is 37.7 Å². The molecule has 1 rings (SSSR count). The van der Waals surface area contributed by atoms with Crippen molar-refractivity contribution in [2.45, 2.75) is 57.8 Å². The minimum atomic E-state index is -3.37. The molecule has 4 nitrogen and oxygen atoms in total. The maximum Gasteiger partial charge on any atom is 0.278 e. The topological polar surface area (TPSA) is 60.4 Å². The maximum absolute atomic E-state index is 11.9. The van der Waals surface area contributed by atoms with Gasteiger partial charge in [-0.2, -0.15) is 12.0 Å². The lowest BCUT2D eigenvalue weighted by Gasteiger charge is -2.20. The second-order valence-electron chi connectivity index (χ2n) is 5.11. The minimum Gasteiger partial charge on any atom is -0.299 e. The summed E-state index contributed by atoms with van der Waals surface area (Å²) in [7, 11) is -3.37. The molecular weight excluding hydrogens is 284 g/mol. The molecule has 0 N–H and O–H groups in total. The molecule has 0 unspecified atom stereocenters. The number of rotatable bonds is 9. The lowest BCUT2D eigenvalue weighted by atomic mass is 9.84. The van der Waals surface area contributed by atoms with Gasteiger partial charge in [0.15, 0.2) is 0 Å². The predicted molar refractivity (Wildman–Crippen MR) is 78.4 cm³/mol. The van der Waals surface area contributed by atoms with E-state index in [1.165, 1.54) is 19.3 Å². The fourth-order valence-electron chi connectivity index (χ4n) is 2.52. The van der Waals surface area contributed by atoms with Gasteiger partial charge in [0.1, 0.15) is 5.78 Å². The average Bonchev–Trinajstić information content (AvgIpc) is 2.39. The van der Waals surface area contributed by atoms with E-state index in [1.807, 2.05) is 0 Å². The first-order chi connectivity index (χ1) is 9.05. The molecule has 0 atom stereocenters. The SMILES string of the molecule is CSOS(=O)(=O)CCCCCC(=O)C1CCCCC1. The van der Waals surface area contributed by atoms with E-state index in [2.05, 4.69) is 3.63 Å². The summed E-state index contributed by atoms with van der Waals surface area (Å²) in [4.78, 5) is 11.9. The number of Topliss-reactive ketones (excluding diaryl/α,β-unsaturated/α-hetero) is 1. The van der Waals surface area contributed by atoms with Crippen LogP contribution < -0.4 is 0 Å². The minimum absolute atomic E-state index is 0.0471. The second-order valence-corrected chi connectivity index (χ2v) is 7.51. The lowest BCUT2D eigenvalue weighted by molar-refractivity contribution is -0.123. The Bertz CT molecular complexity index is 359. The Hall–Kier alpha value is -0.0700. The van der Waals surface area contributed by atoms with Gasteiger partial charge < -0.3 is 0 Å². The van der Waals surface area contributed by atoms with E-state index in [0.29, 0.717) is 18.6 Å². The number of carbonyl (C=O) groups is 1. The van der Waals surface area contributed by atoms with Gasteiger partial charge >= 0.3 is 0 Å². The van der Waals surface area contributed by atoms with Crippen molar-refractivity contribution in [3.63, 3.8) is 0 Å². The molecule has 112 valence electrons. The highest BCUT2D eigenvalue weighted by molar-refractivity contribution is 8.03. The number of ketones is 1. The fraction of sp³-hybridized carbons (Fsp3) is 0.923. The van der Waals surface area contributed by atoms with Crippen LogP contribution in [0.2, 0.25) is 0 Å². The second kappa shape index (κ2) is 8.97. The van der Waals surface area contributed by atoms with E-state index >= 15 is 0 Å². The van der Waals surface area contributed by atoms with Gasteiger partial charge in [-0.15, -0.1) is 0 Å². The van der Waals surface area contributed by atoms with Crippen LogP contribution in [-0.2, 0) is 18.5 Å². The average molecular weight is 308 g/mol. The van der Waals surface area contributed by atoms with E-state index in [-0.39, 0.29) is 11.7 Å². The molecule has 6 heteroatoms. The summed E-state index contributed by atoms with van der Waals surface area (Å²) < 4.78 is 27.1. The van der Waals surface area contributed by atoms with Crippen molar-refractivity contribution in [3.05, 3.63) is 0 Å². The van der Waals surface area contributed by atoms with Crippen LogP contribution in [0, 0.1) is 5.92 Å². The van der Waals surface area contributed by atoms with Crippen molar-refractivity contribution >= 4 is 27.9 Å². The third kappa shape index (κ3) is 7.32. The third-order valence-electron chi connectivity index (χ3n) is 3.55. The van der Waals surface area contributed by atoms with Gasteiger partial charge in [-0.3, -0.25) is 4.79 Å². The highest BCUT2D eigenvalue weighted by atomic mass is 32.3. The Morgan fingerprint density at radius 1 is 1.16 bits per heavy atom. The molecule has 0 aromatic rings. The molecule has 0 aliphatic heterocycles. The molecule has 0 aromatic heterocycles.